The first-order chi connectivity index (χ1) is 7.45. The smallest absolute Gasteiger partial charge is 0.337 e. The van der Waals surface area contributed by atoms with E-state index in [1.54, 1.807) is 13.0 Å². The van der Waals surface area contributed by atoms with E-state index < -0.39 is 5.97 Å². The Morgan fingerprint density at radius 1 is 1.62 bits per heavy atom. The van der Waals surface area contributed by atoms with E-state index in [1.165, 1.54) is 6.07 Å². The maximum Gasteiger partial charge on any atom is 0.337 e. The Labute approximate surface area is 94.8 Å². The Morgan fingerprint density at radius 3 is 2.75 bits per heavy atom. The first kappa shape index (κ1) is 12.1. The molecule has 0 saturated heterocycles. The van der Waals surface area contributed by atoms with Gasteiger partial charge in [0.15, 0.2) is 0 Å². The Bertz CT molecular complexity index is 427. The molecule has 1 atom stereocenters. The number of nitrogens with two attached hydrogens (primary N) is 1. The quantitative estimate of drug-likeness (QED) is 0.537. The molecule has 4 heteroatoms. The maximum absolute atomic E-state index is 11.0. The second-order valence-electron chi connectivity index (χ2n) is 3.73. The predicted octanol–water partition coefficient (Wildman–Crippen LogP) is 2.26. The van der Waals surface area contributed by atoms with Crippen LogP contribution in [-0.2, 0) is 0 Å². The molecule has 1 unspecified atom stereocenters. The SMILES string of the molecule is C=CC(C)Nc1cc(C)c(N)c(C(=O)O)c1. The van der Waals surface area contributed by atoms with Crippen molar-refractivity contribution in [3.05, 3.63) is 35.9 Å². The van der Waals surface area contributed by atoms with Crippen LogP contribution in [-0.4, -0.2) is 17.1 Å². The van der Waals surface area contributed by atoms with Crippen LogP contribution < -0.4 is 11.1 Å². The minimum Gasteiger partial charge on any atom is -0.478 e. The van der Waals surface area contributed by atoms with Gasteiger partial charge in [0.2, 0.25) is 0 Å². The zero-order chi connectivity index (χ0) is 12.3. The van der Waals surface area contributed by atoms with E-state index in [4.69, 9.17) is 10.8 Å². The number of carboxylic acids is 1. The van der Waals surface area contributed by atoms with Crippen molar-refractivity contribution in [3.8, 4) is 0 Å². The number of hydrogen-bond acceptors (Lipinski definition) is 3. The van der Waals surface area contributed by atoms with Gasteiger partial charge in [-0.15, -0.1) is 6.58 Å². The van der Waals surface area contributed by atoms with Crippen molar-refractivity contribution < 1.29 is 9.90 Å². The average molecular weight is 220 g/mol. The molecule has 1 aromatic carbocycles. The Hall–Kier alpha value is -1.97. The van der Waals surface area contributed by atoms with Crippen LogP contribution in [0.4, 0.5) is 11.4 Å². The number of nitrogen functional groups attached to an aromatic ring is 1. The Kier molecular flexibility index (Phi) is 3.55. The maximum atomic E-state index is 11.0. The van der Waals surface area contributed by atoms with Gasteiger partial charge in [-0.2, -0.15) is 0 Å². The van der Waals surface area contributed by atoms with Gasteiger partial charge in [-0.3, -0.25) is 0 Å². The van der Waals surface area contributed by atoms with Gasteiger partial charge in [0.1, 0.15) is 0 Å². The highest BCUT2D eigenvalue weighted by Crippen LogP contribution is 2.23. The first-order valence-electron chi connectivity index (χ1n) is 4.98. The summed E-state index contributed by atoms with van der Waals surface area (Å²) in [4.78, 5) is 11.0. The lowest BCUT2D eigenvalue weighted by atomic mass is 10.1. The van der Waals surface area contributed by atoms with Crippen molar-refractivity contribution in [1.82, 2.24) is 0 Å². The highest BCUT2D eigenvalue weighted by atomic mass is 16.4. The third-order valence-corrected chi connectivity index (χ3v) is 2.37. The van der Waals surface area contributed by atoms with E-state index in [-0.39, 0.29) is 11.6 Å². The van der Waals surface area contributed by atoms with Crippen molar-refractivity contribution in [3.63, 3.8) is 0 Å². The predicted molar refractivity (Wildman–Crippen MR) is 65.8 cm³/mol. The number of carboxylic acid groups (broad SMARTS) is 1. The number of anilines is 2. The Balaban J connectivity index is 3.13. The third-order valence-electron chi connectivity index (χ3n) is 2.37. The standard InChI is InChI=1S/C12H16N2O2/c1-4-8(3)14-9-5-7(2)11(13)10(6-9)12(15)16/h4-6,8,14H,1,13H2,2-3H3,(H,15,16). The lowest BCUT2D eigenvalue weighted by Crippen LogP contribution is -2.13. The van der Waals surface area contributed by atoms with Gasteiger partial charge in [-0.1, -0.05) is 6.08 Å². The minimum absolute atomic E-state index is 0.0738. The molecule has 0 heterocycles. The number of rotatable bonds is 4. The first-order valence-corrected chi connectivity index (χ1v) is 4.98. The van der Waals surface area contributed by atoms with Crippen molar-refractivity contribution in [2.75, 3.05) is 11.1 Å². The summed E-state index contributed by atoms with van der Waals surface area (Å²) in [6, 6.07) is 3.43. The summed E-state index contributed by atoms with van der Waals surface area (Å²) in [5, 5.41) is 12.1. The molecule has 0 amide bonds. The van der Waals surface area contributed by atoms with Gasteiger partial charge in [-0.05, 0) is 31.5 Å². The summed E-state index contributed by atoms with van der Waals surface area (Å²) in [5.74, 6) is -1.02. The highest BCUT2D eigenvalue weighted by molar-refractivity contribution is 5.95. The van der Waals surface area contributed by atoms with Crippen LogP contribution in [0.5, 0.6) is 0 Å². The van der Waals surface area contributed by atoms with Gasteiger partial charge in [0, 0.05) is 17.4 Å². The zero-order valence-electron chi connectivity index (χ0n) is 9.45. The number of carbonyl (C=O) groups is 1. The van der Waals surface area contributed by atoms with Crippen LogP contribution in [0.25, 0.3) is 0 Å². The van der Waals surface area contributed by atoms with Gasteiger partial charge in [0.25, 0.3) is 0 Å². The molecule has 0 radical (unpaired) electrons. The second-order valence-corrected chi connectivity index (χ2v) is 3.73. The van der Waals surface area contributed by atoms with E-state index in [0.29, 0.717) is 5.69 Å². The van der Waals surface area contributed by atoms with E-state index >= 15 is 0 Å². The van der Waals surface area contributed by atoms with E-state index in [0.717, 1.165) is 11.3 Å². The minimum atomic E-state index is -1.02. The lowest BCUT2D eigenvalue weighted by Gasteiger charge is -2.14. The number of aromatic carboxylic acids is 1. The summed E-state index contributed by atoms with van der Waals surface area (Å²) in [7, 11) is 0. The van der Waals surface area contributed by atoms with Crippen LogP contribution in [0.15, 0.2) is 24.8 Å². The number of benzene rings is 1. The normalized spacial score (nSPS) is 11.9. The zero-order valence-corrected chi connectivity index (χ0v) is 9.45. The van der Waals surface area contributed by atoms with Crippen LogP contribution in [0.2, 0.25) is 0 Å². The molecular formula is C12H16N2O2. The van der Waals surface area contributed by atoms with Crippen LogP contribution in [0.3, 0.4) is 0 Å². The molecule has 1 rings (SSSR count). The largest absolute Gasteiger partial charge is 0.478 e. The van der Waals surface area contributed by atoms with Crippen molar-refractivity contribution >= 4 is 17.3 Å². The lowest BCUT2D eigenvalue weighted by molar-refractivity contribution is 0.0698. The molecule has 1 aromatic rings. The molecular weight excluding hydrogens is 204 g/mol. The molecule has 0 aliphatic carbocycles. The molecule has 0 aromatic heterocycles. The molecule has 0 aliphatic rings. The van der Waals surface area contributed by atoms with Gasteiger partial charge < -0.3 is 16.2 Å². The molecule has 0 bridgehead atoms. The summed E-state index contributed by atoms with van der Waals surface area (Å²) in [6.07, 6.45) is 1.74. The van der Waals surface area contributed by atoms with E-state index in [9.17, 15) is 4.79 Å². The molecule has 16 heavy (non-hydrogen) atoms. The number of aryl methyl sites for hydroxylation is 1. The molecule has 0 fully saturated rings. The van der Waals surface area contributed by atoms with Crippen molar-refractivity contribution in [2.24, 2.45) is 0 Å². The molecule has 0 aliphatic heterocycles. The highest BCUT2D eigenvalue weighted by Gasteiger charge is 2.12. The van der Waals surface area contributed by atoms with Gasteiger partial charge in [-0.25, -0.2) is 4.79 Å². The molecule has 4 nitrogen and oxygen atoms in total. The number of hydrogen-bond donors (Lipinski definition) is 3. The monoisotopic (exact) mass is 220 g/mol. The fraction of sp³-hybridized carbons (Fsp3) is 0.250. The molecule has 0 spiro atoms. The van der Waals surface area contributed by atoms with Crippen LogP contribution >= 0.6 is 0 Å². The molecule has 86 valence electrons. The topological polar surface area (TPSA) is 75.3 Å². The summed E-state index contributed by atoms with van der Waals surface area (Å²) >= 11 is 0. The average Bonchev–Trinajstić information content (AvgIpc) is 2.22. The summed E-state index contributed by atoms with van der Waals surface area (Å²) in [5.41, 5.74) is 7.60. The van der Waals surface area contributed by atoms with Gasteiger partial charge >= 0.3 is 5.97 Å². The fourth-order valence-corrected chi connectivity index (χ4v) is 1.38. The number of nitrogens with one attached hydrogen (secondary N) is 1. The summed E-state index contributed by atoms with van der Waals surface area (Å²) in [6.45, 7) is 7.36. The molecule has 0 saturated carbocycles. The van der Waals surface area contributed by atoms with Crippen LogP contribution in [0.1, 0.15) is 22.8 Å². The second kappa shape index (κ2) is 4.70. The summed E-state index contributed by atoms with van der Waals surface area (Å²) < 4.78 is 0. The van der Waals surface area contributed by atoms with E-state index in [2.05, 4.69) is 11.9 Å². The van der Waals surface area contributed by atoms with E-state index in [1.807, 2.05) is 13.0 Å². The van der Waals surface area contributed by atoms with Crippen LogP contribution in [0, 0.1) is 6.92 Å². The fourth-order valence-electron chi connectivity index (χ4n) is 1.38. The third kappa shape index (κ3) is 2.53. The van der Waals surface area contributed by atoms with Crippen molar-refractivity contribution in [2.45, 2.75) is 19.9 Å². The molecule has 4 N–H and O–H groups in total. The Morgan fingerprint density at radius 2 is 2.25 bits per heavy atom. The van der Waals surface area contributed by atoms with Crippen molar-refractivity contribution in [1.29, 1.82) is 0 Å². The van der Waals surface area contributed by atoms with Gasteiger partial charge in [0.05, 0.1) is 5.56 Å².